The molecule has 6 nitrogen and oxygen atoms in total. The van der Waals surface area contributed by atoms with Crippen molar-refractivity contribution in [2.75, 3.05) is 18.0 Å². The Balaban J connectivity index is 1.56. The van der Waals surface area contributed by atoms with E-state index in [1.165, 1.54) is 11.4 Å². The molecule has 156 valence electrons. The number of ether oxygens (including phenoxy) is 1. The molecule has 1 amide bonds. The molecule has 0 atom stereocenters. The fraction of sp³-hybridized carbons (Fsp3) is 0.174. The Kier molecular flexibility index (Phi) is 6.74. The van der Waals surface area contributed by atoms with E-state index in [1.54, 1.807) is 48.5 Å². The summed E-state index contributed by atoms with van der Waals surface area (Å²) in [5.74, 6) is 0.247. The van der Waals surface area contributed by atoms with Crippen molar-refractivity contribution < 1.29 is 17.9 Å². The molecule has 0 fully saturated rings. The highest BCUT2D eigenvalue weighted by atomic mass is 32.2. The molecule has 0 radical (unpaired) electrons. The third-order valence-electron chi connectivity index (χ3n) is 4.58. The quantitative estimate of drug-likeness (QED) is 0.600. The predicted molar refractivity (Wildman–Crippen MR) is 117 cm³/mol. The summed E-state index contributed by atoms with van der Waals surface area (Å²) in [6, 6.07) is 22.9. The van der Waals surface area contributed by atoms with Gasteiger partial charge in [-0.2, -0.15) is 0 Å². The minimum absolute atomic E-state index is 0.121. The summed E-state index contributed by atoms with van der Waals surface area (Å²) < 4.78 is 32.3. The van der Waals surface area contributed by atoms with Crippen LogP contribution in [0.2, 0.25) is 0 Å². The number of nitrogens with zero attached hydrogens (tertiary/aromatic N) is 1. The Morgan fingerprint density at radius 1 is 0.933 bits per heavy atom. The average Bonchev–Trinajstić information content (AvgIpc) is 2.77. The Morgan fingerprint density at radius 2 is 1.57 bits per heavy atom. The number of carbonyl (C=O) groups excluding carboxylic acids is 1. The van der Waals surface area contributed by atoms with Crippen LogP contribution in [0, 0.1) is 6.92 Å². The molecule has 0 saturated heterocycles. The average molecular weight is 425 g/mol. The zero-order valence-corrected chi connectivity index (χ0v) is 17.7. The number of hydrogen-bond donors (Lipinski definition) is 1. The fourth-order valence-corrected chi connectivity index (χ4v) is 3.95. The maximum Gasteiger partial charge on any atom is 0.264 e. The summed E-state index contributed by atoms with van der Waals surface area (Å²) in [6.07, 6.45) is 0. The van der Waals surface area contributed by atoms with Crippen molar-refractivity contribution >= 4 is 21.6 Å². The lowest BCUT2D eigenvalue weighted by molar-refractivity contribution is -0.123. The lowest BCUT2D eigenvalue weighted by Gasteiger charge is -2.20. The second-order valence-corrected chi connectivity index (χ2v) is 8.80. The second kappa shape index (κ2) is 9.45. The van der Waals surface area contributed by atoms with Gasteiger partial charge in [-0.15, -0.1) is 0 Å². The summed E-state index contributed by atoms with van der Waals surface area (Å²) in [5.41, 5.74) is 2.50. The van der Waals surface area contributed by atoms with E-state index >= 15 is 0 Å². The number of aryl methyl sites for hydroxylation is 1. The molecule has 0 bridgehead atoms. The van der Waals surface area contributed by atoms with Crippen molar-refractivity contribution in [3.8, 4) is 5.75 Å². The number of rotatable bonds is 8. The van der Waals surface area contributed by atoms with Crippen molar-refractivity contribution in [2.24, 2.45) is 0 Å². The predicted octanol–water partition coefficient (Wildman–Crippen LogP) is 3.52. The van der Waals surface area contributed by atoms with Crippen LogP contribution in [-0.4, -0.2) is 28.0 Å². The fourth-order valence-electron chi connectivity index (χ4n) is 2.76. The van der Waals surface area contributed by atoms with E-state index in [2.05, 4.69) is 5.32 Å². The highest BCUT2D eigenvalue weighted by Crippen LogP contribution is 2.24. The van der Waals surface area contributed by atoms with Crippen LogP contribution in [0.1, 0.15) is 11.1 Å². The number of sulfonamides is 1. The van der Waals surface area contributed by atoms with Gasteiger partial charge in [0.1, 0.15) is 5.75 Å². The van der Waals surface area contributed by atoms with Crippen LogP contribution in [0.15, 0.2) is 83.8 Å². The molecule has 3 aromatic carbocycles. The van der Waals surface area contributed by atoms with Gasteiger partial charge in [0.15, 0.2) is 6.61 Å². The molecule has 3 aromatic rings. The van der Waals surface area contributed by atoms with Gasteiger partial charge in [0.25, 0.3) is 15.9 Å². The van der Waals surface area contributed by atoms with Gasteiger partial charge in [0, 0.05) is 13.6 Å². The monoisotopic (exact) mass is 424 g/mol. The number of hydrogen-bond acceptors (Lipinski definition) is 4. The van der Waals surface area contributed by atoms with E-state index < -0.39 is 10.0 Å². The van der Waals surface area contributed by atoms with Crippen LogP contribution in [0.25, 0.3) is 0 Å². The van der Waals surface area contributed by atoms with Gasteiger partial charge in [0.05, 0.1) is 10.6 Å². The SMILES string of the molecule is Cc1ccc(S(=O)(=O)N(C)c2ccc(OCC(=O)NCc3ccccc3)cc2)cc1. The van der Waals surface area contributed by atoms with Crippen LogP contribution >= 0.6 is 0 Å². The number of nitrogens with one attached hydrogen (secondary N) is 1. The number of benzene rings is 3. The topological polar surface area (TPSA) is 75.7 Å². The molecular formula is C23H24N2O4S. The first-order valence-electron chi connectivity index (χ1n) is 9.45. The molecule has 0 heterocycles. The third kappa shape index (κ3) is 5.39. The van der Waals surface area contributed by atoms with E-state index in [1.807, 2.05) is 37.3 Å². The second-order valence-electron chi connectivity index (χ2n) is 6.83. The smallest absolute Gasteiger partial charge is 0.264 e. The van der Waals surface area contributed by atoms with Gasteiger partial charge in [-0.05, 0) is 48.9 Å². The Labute approximate surface area is 177 Å². The van der Waals surface area contributed by atoms with E-state index in [0.717, 1.165) is 11.1 Å². The van der Waals surface area contributed by atoms with Crippen molar-refractivity contribution in [1.82, 2.24) is 5.32 Å². The highest BCUT2D eigenvalue weighted by Gasteiger charge is 2.21. The molecule has 3 rings (SSSR count). The summed E-state index contributed by atoms with van der Waals surface area (Å²) in [6.45, 7) is 2.22. The van der Waals surface area contributed by atoms with Crippen LogP contribution in [0.5, 0.6) is 5.75 Å². The number of carbonyl (C=O) groups is 1. The van der Waals surface area contributed by atoms with Crippen LogP contribution in [0.3, 0.4) is 0 Å². The first kappa shape index (κ1) is 21.4. The molecule has 1 N–H and O–H groups in total. The lowest BCUT2D eigenvalue weighted by Crippen LogP contribution is -2.28. The minimum Gasteiger partial charge on any atom is -0.484 e. The Bertz CT molecular complexity index is 1080. The van der Waals surface area contributed by atoms with Gasteiger partial charge in [-0.3, -0.25) is 9.10 Å². The maximum atomic E-state index is 12.8. The van der Waals surface area contributed by atoms with Gasteiger partial charge < -0.3 is 10.1 Å². The van der Waals surface area contributed by atoms with Gasteiger partial charge >= 0.3 is 0 Å². The molecular weight excluding hydrogens is 400 g/mol. The molecule has 30 heavy (non-hydrogen) atoms. The Morgan fingerprint density at radius 3 is 2.20 bits per heavy atom. The molecule has 0 saturated carbocycles. The largest absolute Gasteiger partial charge is 0.484 e. The van der Waals surface area contributed by atoms with Gasteiger partial charge in [-0.25, -0.2) is 8.42 Å². The van der Waals surface area contributed by atoms with Crippen LogP contribution in [0.4, 0.5) is 5.69 Å². The summed E-state index contributed by atoms with van der Waals surface area (Å²) in [4.78, 5) is 12.2. The third-order valence-corrected chi connectivity index (χ3v) is 6.38. The molecule has 0 aromatic heterocycles. The first-order valence-corrected chi connectivity index (χ1v) is 10.9. The number of amides is 1. The molecule has 0 aliphatic heterocycles. The minimum atomic E-state index is -3.65. The van der Waals surface area contributed by atoms with Gasteiger partial charge in [0.2, 0.25) is 0 Å². The standard InChI is InChI=1S/C23H24N2O4S/c1-18-8-14-22(15-9-18)30(27,28)25(2)20-10-12-21(13-11-20)29-17-23(26)24-16-19-6-4-3-5-7-19/h3-15H,16-17H2,1-2H3,(H,24,26). The normalized spacial score (nSPS) is 11.0. The van der Waals surface area contributed by atoms with Crippen LogP contribution in [-0.2, 0) is 21.4 Å². The summed E-state index contributed by atoms with van der Waals surface area (Å²) in [7, 11) is -2.15. The van der Waals surface area contributed by atoms with Crippen molar-refractivity contribution in [2.45, 2.75) is 18.4 Å². The van der Waals surface area contributed by atoms with E-state index in [-0.39, 0.29) is 17.4 Å². The van der Waals surface area contributed by atoms with E-state index in [9.17, 15) is 13.2 Å². The van der Waals surface area contributed by atoms with E-state index in [4.69, 9.17) is 4.74 Å². The Hall–Kier alpha value is -3.32. The molecule has 0 spiro atoms. The summed E-state index contributed by atoms with van der Waals surface area (Å²) >= 11 is 0. The molecule has 7 heteroatoms. The van der Waals surface area contributed by atoms with E-state index in [0.29, 0.717) is 18.0 Å². The van der Waals surface area contributed by atoms with Crippen molar-refractivity contribution in [3.05, 3.63) is 90.0 Å². The number of anilines is 1. The highest BCUT2D eigenvalue weighted by molar-refractivity contribution is 7.92. The van der Waals surface area contributed by atoms with Gasteiger partial charge in [-0.1, -0.05) is 48.0 Å². The first-order chi connectivity index (χ1) is 14.4. The lowest BCUT2D eigenvalue weighted by atomic mass is 10.2. The zero-order chi connectivity index (χ0) is 21.6. The van der Waals surface area contributed by atoms with Crippen molar-refractivity contribution in [1.29, 1.82) is 0 Å². The molecule has 0 unspecified atom stereocenters. The summed E-state index contributed by atoms with van der Waals surface area (Å²) in [5, 5.41) is 2.79. The maximum absolute atomic E-state index is 12.8. The van der Waals surface area contributed by atoms with Crippen molar-refractivity contribution in [3.63, 3.8) is 0 Å². The van der Waals surface area contributed by atoms with Crippen LogP contribution < -0.4 is 14.4 Å². The molecule has 0 aliphatic carbocycles. The zero-order valence-electron chi connectivity index (χ0n) is 16.9. The molecule has 0 aliphatic rings.